The number of hydrogen-bond donors (Lipinski definition) is 2. The van der Waals surface area contributed by atoms with E-state index in [0.717, 1.165) is 30.0 Å². The van der Waals surface area contributed by atoms with Crippen molar-refractivity contribution in [1.82, 2.24) is 10.3 Å². The molecule has 1 saturated carbocycles. The van der Waals surface area contributed by atoms with E-state index in [1.165, 1.54) is 19.3 Å². The van der Waals surface area contributed by atoms with Crippen LogP contribution in [0.4, 0.5) is 11.4 Å². The molecule has 26 heavy (non-hydrogen) atoms. The number of para-hydroxylation sites is 2. The van der Waals surface area contributed by atoms with Crippen LogP contribution < -0.4 is 15.4 Å². The predicted octanol–water partition coefficient (Wildman–Crippen LogP) is 4.67. The zero-order valence-corrected chi connectivity index (χ0v) is 15.5. The van der Waals surface area contributed by atoms with Gasteiger partial charge in [-0.25, -0.2) is 4.98 Å². The van der Waals surface area contributed by atoms with E-state index in [1.807, 2.05) is 44.2 Å². The lowest BCUT2D eigenvalue weighted by Crippen LogP contribution is -2.36. The lowest BCUT2D eigenvalue weighted by atomic mass is 9.95. The highest BCUT2D eigenvalue weighted by Gasteiger charge is 2.17. The topological polar surface area (TPSA) is 63.2 Å². The van der Waals surface area contributed by atoms with E-state index < -0.39 is 0 Å². The summed E-state index contributed by atoms with van der Waals surface area (Å²) in [4.78, 5) is 16.7. The molecular formula is C21H27N3O2. The minimum absolute atomic E-state index is 0.0907. The van der Waals surface area contributed by atoms with Crippen LogP contribution in [0.5, 0.6) is 5.75 Å². The Morgan fingerprint density at radius 3 is 2.58 bits per heavy atom. The third kappa shape index (κ3) is 4.97. The molecule has 0 radical (unpaired) electrons. The number of nitrogens with one attached hydrogen (secondary N) is 2. The number of benzene rings is 1. The molecule has 1 aromatic carbocycles. The molecule has 5 heteroatoms. The number of pyridine rings is 1. The fraction of sp³-hybridized carbons (Fsp3) is 0.429. The van der Waals surface area contributed by atoms with E-state index in [2.05, 4.69) is 15.6 Å². The van der Waals surface area contributed by atoms with Gasteiger partial charge in [0.2, 0.25) is 0 Å². The van der Waals surface area contributed by atoms with E-state index in [1.54, 1.807) is 12.3 Å². The van der Waals surface area contributed by atoms with E-state index in [-0.39, 0.29) is 18.1 Å². The summed E-state index contributed by atoms with van der Waals surface area (Å²) in [5, 5.41) is 6.40. The Labute approximate surface area is 155 Å². The van der Waals surface area contributed by atoms with Crippen LogP contribution in [-0.2, 0) is 0 Å². The number of carbonyl (C=O) groups excluding carboxylic acids is 1. The standard InChI is InChI=1S/C21H27N3O2/c1-15(2)26-20-11-7-6-10-18(20)23-17-12-13-19(22-14-17)21(25)24-16-8-4-3-5-9-16/h6-7,10-16,23H,3-5,8-9H2,1-2H3,(H,24,25). The second-order valence-corrected chi connectivity index (χ2v) is 7.03. The number of carbonyl (C=O) groups is 1. The third-order valence-corrected chi connectivity index (χ3v) is 4.47. The highest BCUT2D eigenvalue weighted by Crippen LogP contribution is 2.28. The van der Waals surface area contributed by atoms with Crippen LogP contribution in [0.2, 0.25) is 0 Å². The molecule has 5 nitrogen and oxygen atoms in total. The fourth-order valence-electron chi connectivity index (χ4n) is 3.19. The van der Waals surface area contributed by atoms with Crippen molar-refractivity contribution in [2.75, 3.05) is 5.32 Å². The van der Waals surface area contributed by atoms with Crippen molar-refractivity contribution >= 4 is 17.3 Å². The van der Waals surface area contributed by atoms with Gasteiger partial charge in [-0.3, -0.25) is 4.79 Å². The molecule has 0 spiro atoms. The maximum Gasteiger partial charge on any atom is 0.270 e. The van der Waals surface area contributed by atoms with Gasteiger partial charge in [0, 0.05) is 6.04 Å². The van der Waals surface area contributed by atoms with Gasteiger partial charge in [0.05, 0.1) is 23.7 Å². The van der Waals surface area contributed by atoms with Crippen molar-refractivity contribution in [1.29, 1.82) is 0 Å². The van der Waals surface area contributed by atoms with Crippen molar-refractivity contribution in [3.05, 3.63) is 48.3 Å². The first-order valence-corrected chi connectivity index (χ1v) is 9.41. The second kappa shape index (κ2) is 8.70. The number of rotatable bonds is 6. The predicted molar refractivity (Wildman–Crippen MR) is 104 cm³/mol. The summed E-state index contributed by atoms with van der Waals surface area (Å²) >= 11 is 0. The molecule has 2 aromatic rings. The monoisotopic (exact) mass is 353 g/mol. The maximum atomic E-state index is 12.3. The molecule has 1 amide bonds. The first-order valence-electron chi connectivity index (χ1n) is 9.41. The summed E-state index contributed by atoms with van der Waals surface area (Å²) in [6.07, 6.45) is 7.57. The summed E-state index contributed by atoms with van der Waals surface area (Å²) in [5.41, 5.74) is 2.15. The summed E-state index contributed by atoms with van der Waals surface area (Å²) in [6, 6.07) is 11.7. The van der Waals surface area contributed by atoms with Gasteiger partial charge in [-0.2, -0.15) is 0 Å². The Hall–Kier alpha value is -2.56. The SMILES string of the molecule is CC(C)Oc1ccccc1Nc1ccc(C(=O)NC2CCCCC2)nc1. The fourth-order valence-corrected chi connectivity index (χ4v) is 3.19. The number of anilines is 2. The van der Waals surface area contributed by atoms with Crippen LogP contribution in [0.15, 0.2) is 42.6 Å². The minimum atomic E-state index is -0.0907. The van der Waals surface area contributed by atoms with Gasteiger partial charge in [0.25, 0.3) is 5.91 Å². The van der Waals surface area contributed by atoms with Crippen LogP contribution >= 0.6 is 0 Å². The van der Waals surface area contributed by atoms with Crippen LogP contribution in [0, 0.1) is 0 Å². The molecule has 0 unspecified atom stereocenters. The number of amides is 1. The van der Waals surface area contributed by atoms with Crippen LogP contribution in [-0.4, -0.2) is 23.0 Å². The lowest BCUT2D eigenvalue weighted by Gasteiger charge is -2.22. The van der Waals surface area contributed by atoms with Crippen molar-refractivity contribution in [3.63, 3.8) is 0 Å². The van der Waals surface area contributed by atoms with Gasteiger partial charge in [0.1, 0.15) is 11.4 Å². The molecular weight excluding hydrogens is 326 g/mol. The number of hydrogen-bond acceptors (Lipinski definition) is 4. The summed E-state index contributed by atoms with van der Waals surface area (Å²) in [7, 11) is 0. The molecule has 3 rings (SSSR count). The van der Waals surface area contributed by atoms with E-state index in [4.69, 9.17) is 4.74 Å². The molecule has 1 heterocycles. The Morgan fingerprint density at radius 1 is 1.12 bits per heavy atom. The molecule has 0 saturated heterocycles. The molecule has 0 atom stereocenters. The second-order valence-electron chi connectivity index (χ2n) is 7.03. The molecule has 1 aliphatic carbocycles. The van der Waals surface area contributed by atoms with Crippen molar-refractivity contribution < 1.29 is 9.53 Å². The number of ether oxygens (including phenoxy) is 1. The van der Waals surface area contributed by atoms with Crippen molar-refractivity contribution in [3.8, 4) is 5.75 Å². The summed E-state index contributed by atoms with van der Waals surface area (Å²) < 4.78 is 5.82. The summed E-state index contributed by atoms with van der Waals surface area (Å²) in [5.74, 6) is 0.702. The number of aromatic nitrogens is 1. The van der Waals surface area contributed by atoms with Gasteiger partial charge in [-0.15, -0.1) is 0 Å². The van der Waals surface area contributed by atoms with E-state index in [9.17, 15) is 4.79 Å². The Kier molecular flexibility index (Phi) is 6.10. The third-order valence-electron chi connectivity index (χ3n) is 4.47. The van der Waals surface area contributed by atoms with Gasteiger partial charge < -0.3 is 15.4 Å². The van der Waals surface area contributed by atoms with Crippen LogP contribution in [0.1, 0.15) is 56.4 Å². The lowest BCUT2D eigenvalue weighted by molar-refractivity contribution is 0.0922. The average molecular weight is 353 g/mol. The molecule has 138 valence electrons. The largest absolute Gasteiger partial charge is 0.489 e. The first-order chi connectivity index (χ1) is 12.6. The first kappa shape index (κ1) is 18.2. The molecule has 1 aliphatic rings. The van der Waals surface area contributed by atoms with Gasteiger partial charge in [-0.1, -0.05) is 31.4 Å². The zero-order chi connectivity index (χ0) is 18.4. The maximum absolute atomic E-state index is 12.3. The average Bonchev–Trinajstić information content (AvgIpc) is 2.64. The Bertz CT molecular complexity index is 722. The quantitative estimate of drug-likeness (QED) is 0.792. The van der Waals surface area contributed by atoms with Crippen LogP contribution in [0.25, 0.3) is 0 Å². The highest BCUT2D eigenvalue weighted by molar-refractivity contribution is 5.92. The Morgan fingerprint density at radius 2 is 1.88 bits per heavy atom. The zero-order valence-electron chi connectivity index (χ0n) is 15.5. The van der Waals surface area contributed by atoms with E-state index in [0.29, 0.717) is 5.69 Å². The smallest absolute Gasteiger partial charge is 0.270 e. The normalized spacial score (nSPS) is 14.9. The summed E-state index contributed by atoms with van der Waals surface area (Å²) in [6.45, 7) is 4.00. The molecule has 1 aromatic heterocycles. The van der Waals surface area contributed by atoms with Crippen molar-refractivity contribution in [2.45, 2.75) is 58.1 Å². The molecule has 2 N–H and O–H groups in total. The van der Waals surface area contributed by atoms with Crippen molar-refractivity contribution in [2.24, 2.45) is 0 Å². The minimum Gasteiger partial charge on any atom is -0.489 e. The van der Waals surface area contributed by atoms with E-state index >= 15 is 0 Å². The number of nitrogens with zero attached hydrogens (tertiary/aromatic N) is 1. The van der Waals surface area contributed by atoms with Gasteiger partial charge >= 0.3 is 0 Å². The van der Waals surface area contributed by atoms with Gasteiger partial charge in [-0.05, 0) is 51.0 Å². The highest BCUT2D eigenvalue weighted by atomic mass is 16.5. The molecule has 0 aliphatic heterocycles. The Balaban J connectivity index is 1.63. The van der Waals surface area contributed by atoms with Gasteiger partial charge in [0.15, 0.2) is 0 Å². The van der Waals surface area contributed by atoms with Crippen LogP contribution in [0.3, 0.4) is 0 Å². The molecule has 0 bridgehead atoms. The molecule has 1 fully saturated rings.